The summed E-state index contributed by atoms with van der Waals surface area (Å²) in [6.07, 6.45) is 0. The van der Waals surface area contributed by atoms with Gasteiger partial charge < -0.3 is 10.1 Å². The Labute approximate surface area is 205 Å². The van der Waals surface area contributed by atoms with Crippen molar-refractivity contribution in [1.82, 2.24) is 10.2 Å². The van der Waals surface area contributed by atoms with Gasteiger partial charge in [-0.15, -0.1) is 0 Å². The van der Waals surface area contributed by atoms with Gasteiger partial charge in [-0.1, -0.05) is 12.1 Å². The van der Waals surface area contributed by atoms with Crippen LogP contribution in [0.15, 0.2) is 83.7 Å². The molecule has 0 radical (unpaired) electrons. The third-order valence-corrected chi connectivity index (χ3v) is 5.65. The number of imide groups is 1. The van der Waals surface area contributed by atoms with Crippen molar-refractivity contribution in [2.45, 2.75) is 6.92 Å². The molecule has 9 nitrogen and oxygen atoms in total. The van der Waals surface area contributed by atoms with Gasteiger partial charge in [0, 0.05) is 22.9 Å². The molecule has 0 unspecified atom stereocenters. The highest BCUT2D eigenvalue weighted by Gasteiger charge is 2.37. The zero-order chi connectivity index (χ0) is 25.2. The Bertz CT molecular complexity index is 1540. The van der Waals surface area contributed by atoms with Crippen LogP contribution in [0.3, 0.4) is 0 Å². The van der Waals surface area contributed by atoms with E-state index in [1.165, 1.54) is 24.3 Å². The predicted molar refractivity (Wildman–Crippen MR) is 133 cm³/mol. The van der Waals surface area contributed by atoms with Crippen LogP contribution >= 0.6 is 0 Å². The summed E-state index contributed by atoms with van der Waals surface area (Å²) in [5.41, 5.74) is 2.48. The monoisotopic (exact) mass is 480 g/mol. The largest absolute Gasteiger partial charge is 0.494 e. The zero-order valence-corrected chi connectivity index (χ0v) is 19.1. The summed E-state index contributed by atoms with van der Waals surface area (Å²) in [5.74, 6) is -0.756. The summed E-state index contributed by atoms with van der Waals surface area (Å²) in [4.78, 5) is 51.3. The summed E-state index contributed by atoms with van der Waals surface area (Å²) >= 11 is 0. The molecule has 0 saturated heterocycles. The van der Waals surface area contributed by atoms with Crippen LogP contribution in [-0.4, -0.2) is 34.5 Å². The highest BCUT2D eigenvalue weighted by molar-refractivity contribution is 6.34. The topological polar surface area (TPSA) is 121 Å². The van der Waals surface area contributed by atoms with Gasteiger partial charge >= 0.3 is 0 Å². The van der Waals surface area contributed by atoms with Gasteiger partial charge in [-0.2, -0.15) is 5.10 Å². The summed E-state index contributed by atoms with van der Waals surface area (Å²) < 4.78 is 5.42. The maximum absolute atomic E-state index is 13.1. The smallest absolute Gasteiger partial charge is 0.266 e. The average molecular weight is 480 g/mol. The molecule has 36 heavy (non-hydrogen) atoms. The average Bonchev–Trinajstić information content (AvgIpc) is 3.14. The van der Waals surface area contributed by atoms with E-state index in [1.807, 2.05) is 6.92 Å². The van der Waals surface area contributed by atoms with Gasteiger partial charge in [-0.25, -0.2) is 10.00 Å². The molecule has 5 rings (SSSR count). The number of ether oxygens (including phenoxy) is 1. The van der Waals surface area contributed by atoms with Crippen molar-refractivity contribution in [3.63, 3.8) is 0 Å². The quantitative estimate of drug-likeness (QED) is 0.404. The summed E-state index contributed by atoms with van der Waals surface area (Å²) in [5, 5.41) is 9.17. The number of hydrogen-bond acceptors (Lipinski definition) is 6. The fraction of sp³-hybridized carbons (Fsp3) is 0.0741. The normalized spacial score (nSPS) is 12.4. The molecule has 0 bridgehead atoms. The number of fused-ring (bicyclic) bond motifs is 1. The fourth-order valence-corrected chi connectivity index (χ4v) is 3.94. The van der Waals surface area contributed by atoms with Crippen molar-refractivity contribution in [1.29, 1.82) is 0 Å². The second kappa shape index (κ2) is 9.30. The molecule has 1 aromatic heterocycles. The van der Waals surface area contributed by atoms with E-state index in [4.69, 9.17) is 4.74 Å². The molecule has 0 spiro atoms. The summed E-state index contributed by atoms with van der Waals surface area (Å²) in [7, 11) is 0. The van der Waals surface area contributed by atoms with Gasteiger partial charge in [0.1, 0.15) is 5.75 Å². The van der Waals surface area contributed by atoms with Crippen molar-refractivity contribution in [3.05, 3.63) is 106 Å². The number of hydrogen-bond donors (Lipinski definition) is 2. The standard InChI is InChI=1S/C27H20N4O5/c1-2-36-20-9-7-19(8-10-20)31-26(34)21-11-6-17(15-22(21)27(31)35)25(33)28-18-5-3-4-16(14-18)23-12-13-24(32)30-29-23/h3-15H,2H2,1H3,(H,28,33)(H,30,32). The van der Waals surface area contributed by atoms with E-state index < -0.39 is 17.7 Å². The lowest BCUT2D eigenvalue weighted by atomic mass is 10.0. The van der Waals surface area contributed by atoms with E-state index in [-0.39, 0.29) is 22.2 Å². The third-order valence-electron chi connectivity index (χ3n) is 5.65. The van der Waals surface area contributed by atoms with E-state index in [9.17, 15) is 19.2 Å². The van der Waals surface area contributed by atoms with Crippen molar-refractivity contribution < 1.29 is 19.1 Å². The molecule has 0 saturated carbocycles. The van der Waals surface area contributed by atoms with Crippen molar-refractivity contribution in [3.8, 4) is 17.0 Å². The highest BCUT2D eigenvalue weighted by atomic mass is 16.5. The van der Waals surface area contributed by atoms with Gasteiger partial charge in [-0.05, 0) is 67.6 Å². The van der Waals surface area contributed by atoms with Crippen molar-refractivity contribution in [2.24, 2.45) is 0 Å². The van der Waals surface area contributed by atoms with Gasteiger partial charge in [0.05, 0.1) is 29.1 Å². The minimum Gasteiger partial charge on any atom is -0.494 e. The van der Waals surface area contributed by atoms with Crippen LogP contribution in [0.4, 0.5) is 11.4 Å². The molecule has 3 aromatic carbocycles. The zero-order valence-electron chi connectivity index (χ0n) is 19.1. The second-order valence-corrected chi connectivity index (χ2v) is 7.97. The molecule has 1 aliphatic heterocycles. The number of benzene rings is 3. The Balaban J connectivity index is 1.36. The summed E-state index contributed by atoms with van der Waals surface area (Å²) in [6, 6.07) is 21.0. The third kappa shape index (κ3) is 4.25. The lowest BCUT2D eigenvalue weighted by molar-refractivity contribution is 0.0925. The molecule has 0 atom stereocenters. The first-order chi connectivity index (χ1) is 17.4. The second-order valence-electron chi connectivity index (χ2n) is 7.97. The van der Waals surface area contributed by atoms with E-state index in [1.54, 1.807) is 54.6 Å². The molecule has 2 heterocycles. The van der Waals surface area contributed by atoms with E-state index >= 15 is 0 Å². The number of nitrogens with one attached hydrogen (secondary N) is 2. The number of H-pyrrole nitrogens is 1. The maximum atomic E-state index is 13.1. The maximum Gasteiger partial charge on any atom is 0.266 e. The van der Waals surface area contributed by atoms with Gasteiger partial charge in [0.15, 0.2) is 0 Å². The van der Waals surface area contributed by atoms with Crippen LogP contribution in [0.1, 0.15) is 38.0 Å². The molecule has 1 aliphatic rings. The van der Waals surface area contributed by atoms with E-state index in [0.29, 0.717) is 35.0 Å². The number of aromatic amines is 1. The van der Waals surface area contributed by atoms with E-state index in [0.717, 1.165) is 4.90 Å². The molecule has 0 aliphatic carbocycles. The Kier molecular flexibility index (Phi) is 5.87. The lowest BCUT2D eigenvalue weighted by Crippen LogP contribution is -2.29. The fourth-order valence-electron chi connectivity index (χ4n) is 3.94. The number of nitrogens with zero attached hydrogens (tertiary/aromatic N) is 2. The van der Waals surface area contributed by atoms with Crippen LogP contribution < -0.4 is 20.5 Å². The molecule has 178 valence electrons. The minimum atomic E-state index is -0.500. The van der Waals surface area contributed by atoms with Crippen LogP contribution in [0.2, 0.25) is 0 Å². The van der Waals surface area contributed by atoms with Crippen molar-refractivity contribution in [2.75, 3.05) is 16.8 Å². The van der Waals surface area contributed by atoms with Crippen LogP contribution in [0.5, 0.6) is 5.75 Å². The first-order valence-electron chi connectivity index (χ1n) is 11.2. The molecule has 3 amide bonds. The minimum absolute atomic E-state index is 0.160. The van der Waals surface area contributed by atoms with Gasteiger partial charge in [0.2, 0.25) is 0 Å². The summed E-state index contributed by atoms with van der Waals surface area (Å²) in [6.45, 7) is 2.37. The molecular formula is C27H20N4O5. The van der Waals surface area contributed by atoms with Crippen LogP contribution in [0.25, 0.3) is 11.3 Å². The van der Waals surface area contributed by atoms with Crippen LogP contribution in [-0.2, 0) is 0 Å². The highest BCUT2D eigenvalue weighted by Crippen LogP contribution is 2.30. The number of anilines is 2. The number of aromatic nitrogens is 2. The molecule has 2 N–H and O–H groups in total. The first-order valence-corrected chi connectivity index (χ1v) is 11.2. The van der Waals surface area contributed by atoms with Crippen molar-refractivity contribution >= 4 is 29.1 Å². The Hall–Kier alpha value is -5.05. The molecule has 0 fully saturated rings. The number of carbonyl (C=O) groups excluding carboxylic acids is 3. The SMILES string of the molecule is CCOc1ccc(N2C(=O)c3ccc(C(=O)Nc4cccc(-c5ccc(=O)[nH]n5)c4)cc3C2=O)cc1. The van der Waals surface area contributed by atoms with Crippen LogP contribution in [0, 0.1) is 0 Å². The number of rotatable bonds is 6. The Morgan fingerprint density at radius 3 is 2.42 bits per heavy atom. The first kappa shape index (κ1) is 22.7. The van der Waals surface area contributed by atoms with E-state index in [2.05, 4.69) is 15.5 Å². The molecule has 4 aromatic rings. The van der Waals surface area contributed by atoms with Gasteiger partial charge in [-0.3, -0.25) is 19.2 Å². The molecule has 9 heteroatoms. The lowest BCUT2D eigenvalue weighted by Gasteiger charge is -2.14. The Morgan fingerprint density at radius 1 is 0.917 bits per heavy atom. The number of amides is 3. The predicted octanol–water partition coefficient (Wildman–Crippen LogP) is 3.89. The number of carbonyl (C=O) groups is 3. The Morgan fingerprint density at radius 2 is 1.69 bits per heavy atom. The van der Waals surface area contributed by atoms with Gasteiger partial charge in [0.25, 0.3) is 23.3 Å². The molecular weight excluding hydrogens is 460 g/mol.